The Hall–Kier alpha value is -1.83. The lowest BCUT2D eigenvalue weighted by atomic mass is 10.3. The van der Waals surface area contributed by atoms with Crippen molar-refractivity contribution in [2.24, 2.45) is 0 Å². The van der Waals surface area contributed by atoms with Gasteiger partial charge in [-0.25, -0.2) is 13.2 Å². The molecule has 0 aliphatic carbocycles. The van der Waals surface area contributed by atoms with Crippen LogP contribution in [0, 0.1) is 23.3 Å². The van der Waals surface area contributed by atoms with Gasteiger partial charge in [0.1, 0.15) is 0 Å². The molecule has 8 heteroatoms. The zero-order valence-electron chi connectivity index (χ0n) is 10.7. The number of anilines is 1. The van der Waals surface area contributed by atoms with Gasteiger partial charge in [-0.05, 0) is 19.1 Å². The molecular formula is C13H9BrF4N2O. The van der Waals surface area contributed by atoms with Crippen LogP contribution in [0.25, 0.3) is 0 Å². The predicted molar refractivity (Wildman–Crippen MR) is 72.4 cm³/mol. The molecule has 0 saturated carbocycles. The fourth-order valence-electron chi connectivity index (χ4n) is 1.52. The standard InChI is InChI=1S/C13H9BrF4N2O/c1-2-19-12-8(16)5-9(17)13(20-12)21-10-4-6(14)3-7(15)11(10)18/h3-5H,2H2,1H3,(H,19,20). The summed E-state index contributed by atoms with van der Waals surface area (Å²) in [6.45, 7) is 2.03. The lowest BCUT2D eigenvalue weighted by Gasteiger charge is -2.10. The van der Waals surface area contributed by atoms with Crippen molar-refractivity contribution in [2.45, 2.75) is 6.92 Å². The quantitative estimate of drug-likeness (QED) is 0.634. The van der Waals surface area contributed by atoms with Gasteiger partial charge >= 0.3 is 0 Å². The lowest BCUT2D eigenvalue weighted by Crippen LogP contribution is -2.05. The monoisotopic (exact) mass is 364 g/mol. The third-order valence-corrected chi connectivity index (χ3v) is 2.87. The Labute approximate surface area is 126 Å². The second-order valence-corrected chi connectivity index (χ2v) is 4.85. The summed E-state index contributed by atoms with van der Waals surface area (Å²) in [5, 5.41) is 2.56. The topological polar surface area (TPSA) is 34.2 Å². The van der Waals surface area contributed by atoms with Crippen molar-refractivity contribution < 1.29 is 22.3 Å². The number of nitrogens with zero attached hydrogens (tertiary/aromatic N) is 1. The minimum atomic E-state index is -1.30. The maximum absolute atomic E-state index is 13.6. The normalized spacial score (nSPS) is 10.6. The molecular weight excluding hydrogens is 356 g/mol. The van der Waals surface area contributed by atoms with Crippen molar-refractivity contribution in [2.75, 3.05) is 11.9 Å². The first-order valence-electron chi connectivity index (χ1n) is 5.84. The molecule has 112 valence electrons. The molecule has 0 aliphatic heterocycles. The zero-order valence-corrected chi connectivity index (χ0v) is 12.3. The first kappa shape index (κ1) is 15.6. The second kappa shape index (κ2) is 6.30. The van der Waals surface area contributed by atoms with Gasteiger partial charge in [0.2, 0.25) is 5.82 Å². The molecule has 1 aromatic heterocycles. The Morgan fingerprint density at radius 2 is 1.81 bits per heavy atom. The van der Waals surface area contributed by atoms with E-state index in [2.05, 4.69) is 26.2 Å². The van der Waals surface area contributed by atoms with Crippen LogP contribution >= 0.6 is 15.9 Å². The van der Waals surface area contributed by atoms with Crippen LogP contribution in [0.15, 0.2) is 22.7 Å². The average molecular weight is 365 g/mol. The summed E-state index contributed by atoms with van der Waals surface area (Å²) in [7, 11) is 0. The summed E-state index contributed by atoms with van der Waals surface area (Å²) < 4.78 is 58.9. The number of hydrogen-bond acceptors (Lipinski definition) is 3. The molecule has 0 atom stereocenters. The van der Waals surface area contributed by atoms with Crippen LogP contribution in [0.3, 0.4) is 0 Å². The highest BCUT2D eigenvalue weighted by atomic mass is 79.9. The van der Waals surface area contributed by atoms with E-state index in [1.807, 2.05) is 0 Å². The molecule has 0 unspecified atom stereocenters. The molecule has 3 nitrogen and oxygen atoms in total. The Morgan fingerprint density at radius 1 is 1.10 bits per heavy atom. The summed E-state index contributed by atoms with van der Waals surface area (Å²) in [6.07, 6.45) is 0. The average Bonchev–Trinajstić information content (AvgIpc) is 2.41. The Kier molecular flexibility index (Phi) is 4.66. The minimum Gasteiger partial charge on any atom is -0.433 e. The van der Waals surface area contributed by atoms with Crippen LogP contribution in [0.1, 0.15) is 6.92 Å². The van der Waals surface area contributed by atoms with Crippen molar-refractivity contribution in [3.05, 3.63) is 45.9 Å². The minimum absolute atomic E-state index is 0.200. The summed E-state index contributed by atoms with van der Waals surface area (Å²) in [6, 6.07) is 2.54. The van der Waals surface area contributed by atoms with Gasteiger partial charge in [-0.15, -0.1) is 0 Å². The fraction of sp³-hybridized carbons (Fsp3) is 0.154. The predicted octanol–water partition coefficient (Wildman–Crippen LogP) is 4.62. The number of rotatable bonds is 4. The molecule has 0 fully saturated rings. The smallest absolute Gasteiger partial charge is 0.258 e. The van der Waals surface area contributed by atoms with E-state index in [-0.39, 0.29) is 10.3 Å². The number of benzene rings is 1. The van der Waals surface area contributed by atoms with E-state index >= 15 is 0 Å². The van der Waals surface area contributed by atoms with E-state index in [0.717, 1.165) is 12.1 Å². The van der Waals surface area contributed by atoms with E-state index < -0.39 is 34.9 Å². The molecule has 0 aliphatic rings. The van der Waals surface area contributed by atoms with E-state index in [0.29, 0.717) is 12.6 Å². The molecule has 21 heavy (non-hydrogen) atoms. The SMILES string of the molecule is CCNc1nc(Oc2cc(Br)cc(F)c2F)c(F)cc1F. The van der Waals surface area contributed by atoms with Crippen molar-refractivity contribution in [1.29, 1.82) is 0 Å². The molecule has 1 N–H and O–H groups in total. The Bertz CT molecular complexity index is 682. The highest BCUT2D eigenvalue weighted by molar-refractivity contribution is 9.10. The van der Waals surface area contributed by atoms with Gasteiger partial charge in [0.25, 0.3) is 5.88 Å². The summed E-state index contributed by atoms with van der Waals surface area (Å²) >= 11 is 2.96. The summed E-state index contributed by atoms with van der Waals surface area (Å²) in [5.74, 6) is -5.99. The maximum atomic E-state index is 13.6. The Morgan fingerprint density at radius 3 is 2.48 bits per heavy atom. The molecule has 1 aromatic carbocycles. The van der Waals surface area contributed by atoms with Crippen molar-refractivity contribution >= 4 is 21.7 Å². The highest BCUT2D eigenvalue weighted by Gasteiger charge is 2.17. The molecule has 0 saturated heterocycles. The van der Waals surface area contributed by atoms with Gasteiger partial charge in [-0.1, -0.05) is 15.9 Å². The van der Waals surface area contributed by atoms with Gasteiger partial charge < -0.3 is 10.1 Å². The fourth-order valence-corrected chi connectivity index (χ4v) is 1.93. The van der Waals surface area contributed by atoms with E-state index in [1.165, 1.54) is 0 Å². The van der Waals surface area contributed by atoms with Crippen molar-refractivity contribution in [1.82, 2.24) is 4.98 Å². The molecule has 0 spiro atoms. The number of pyridine rings is 1. The second-order valence-electron chi connectivity index (χ2n) is 3.94. The summed E-state index contributed by atoms with van der Waals surface area (Å²) in [4.78, 5) is 3.57. The number of halogens is 5. The van der Waals surface area contributed by atoms with Crippen LogP contribution in [0.5, 0.6) is 11.6 Å². The first-order valence-corrected chi connectivity index (χ1v) is 6.64. The largest absolute Gasteiger partial charge is 0.433 e. The zero-order chi connectivity index (χ0) is 15.6. The molecule has 2 aromatic rings. The van der Waals surface area contributed by atoms with E-state index in [4.69, 9.17) is 4.74 Å². The molecule has 0 bridgehead atoms. The van der Waals surface area contributed by atoms with Crippen molar-refractivity contribution in [3.8, 4) is 11.6 Å². The van der Waals surface area contributed by atoms with Gasteiger partial charge in [-0.3, -0.25) is 0 Å². The van der Waals surface area contributed by atoms with Crippen molar-refractivity contribution in [3.63, 3.8) is 0 Å². The van der Waals surface area contributed by atoms with Crippen LogP contribution in [0.4, 0.5) is 23.4 Å². The van der Waals surface area contributed by atoms with E-state index in [9.17, 15) is 17.6 Å². The van der Waals surface area contributed by atoms with E-state index in [1.54, 1.807) is 6.92 Å². The van der Waals surface area contributed by atoms with Crippen LogP contribution in [-0.4, -0.2) is 11.5 Å². The molecule has 2 rings (SSSR count). The number of nitrogens with one attached hydrogen (secondary N) is 1. The highest BCUT2D eigenvalue weighted by Crippen LogP contribution is 2.31. The van der Waals surface area contributed by atoms with Gasteiger partial charge in [-0.2, -0.15) is 9.37 Å². The molecule has 1 heterocycles. The maximum Gasteiger partial charge on any atom is 0.258 e. The Balaban J connectivity index is 2.42. The number of hydrogen-bond donors (Lipinski definition) is 1. The first-order chi connectivity index (χ1) is 9.92. The number of ether oxygens (including phenoxy) is 1. The van der Waals surface area contributed by atoms with Crippen LogP contribution in [0.2, 0.25) is 0 Å². The summed E-state index contributed by atoms with van der Waals surface area (Å²) in [5.41, 5.74) is 0. The molecule has 0 radical (unpaired) electrons. The third kappa shape index (κ3) is 3.44. The van der Waals surface area contributed by atoms with Gasteiger partial charge in [0, 0.05) is 17.1 Å². The van der Waals surface area contributed by atoms with Crippen LogP contribution < -0.4 is 10.1 Å². The third-order valence-electron chi connectivity index (χ3n) is 2.41. The number of aromatic nitrogens is 1. The van der Waals surface area contributed by atoms with Gasteiger partial charge in [0.05, 0.1) is 0 Å². The van der Waals surface area contributed by atoms with Crippen LogP contribution in [-0.2, 0) is 0 Å². The lowest BCUT2D eigenvalue weighted by molar-refractivity contribution is 0.381. The molecule has 0 amide bonds. The van der Waals surface area contributed by atoms with Gasteiger partial charge in [0.15, 0.2) is 29.0 Å².